The molecule has 1 atom stereocenters. The molecule has 0 aliphatic carbocycles. The Bertz CT molecular complexity index is 562. The van der Waals surface area contributed by atoms with Crippen LogP contribution in [0.4, 0.5) is 16.2 Å². The Morgan fingerprint density at radius 3 is 2.32 bits per heavy atom. The highest BCUT2D eigenvalue weighted by molar-refractivity contribution is 7.12. The van der Waals surface area contributed by atoms with E-state index in [2.05, 4.69) is 36.6 Å². The van der Waals surface area contributed by atoms with Crippen LogP contribution in [-0.4, -0.2) is 6.03 Å². The molecule has 0 fully saturated rings. The Balaban J connectivity index is 2.01. The fraction of sp³-hybridized carbons (Fsp3) is 0.214. The Kier molecular flexibility index (Phi) is 4.06. The molecule has 2 amide bonds. The number of benzene rings is 1. The van der Waals surface area contributed by atoms with Crippen LogP contribution < -0.4 is 16.4 Å². The van der Waals surface area contributed by atoms with Crippen LogP contribution in [0.15, 0.2) is 36.4 Å². The molecule has 1 aromatic heterocycles. The number of urea groups is 1. The molecule has 19 heavy (non-hydrogen) atoms. The molecule has 0 saturated heterocycles. The van der Waals surface area contributed by atoms with Crippen molar-refractivity contribution in [3.05, 3.63) is 46.2 Å². The summed E-state index contributed by atoms with van der Waals surface area (Å²) in [7, 11) is 0. The smallest absolute Gasteiger partial charge is 0.316 e. The molecule has 4 N–H and O–H groups in total. The van der Waals surface area contributed by atoms with Crippen molar-refractivity contribution < 1.29 is 4.79 Å². The van der Waals surface area contributed by atoms with E-state index < -0.39 is 6.03 Å². The van der Waals surface area contributed by atoms with E-state index in [0.29, 0.717) is 5.69 Å². The zero-order chi connectivity index (χ0) is 13.8. The van der Waals surface area contributed by atoms with Gasteiger partial charge in [-0.05, 0) is 50.2 Å². The van der Waals surface area contributed by atoms with Gasteiger partial charge in [-0.25, -0.2) is 4.79 Å². The standard InChI is InChI=1S/C14H17N3OS/c1-9-3-8-13(19-9)10(2)16-11-4-6-12(7-5-11)17-14(15)18/h3-8,10,16H,1-2H3,(H3,15,17,18). The molecule has 0 spiro atoms. The Labute approximate surface area is 116 Å². The summed E-state index contributed by atoms with van der Waals surface area (Å²) in [5.74, 6) is 0. The maximum atomic E-state index is 10.7. The molecule has 2 aromatic rings. The number of hydrogen-bond donors (Lipinski definition) is 3. The van der Waals surface area contributed by atoms with Gasteiger partial charge < -0.3 is 16.4 Å². The van der Waals surface area contributed by atoms with Crippen molar-refractivity contribution in [2.45, 2.75) is 19.9 Å². The quantitative estimate of drug-likeness (QED) is 0.796. The van der Waals surface area contributed by atoms with Gasteiger partial charge in [0.25, 0.3) is 0 Å². The zero-order valence-corrected chi connectivity index (χ0v) is 11.8. The molecule has 1 aromatic carbocycles. The summed E-state index contributed by atoms with van der Waals surface area (Å²) in [4.78, 5) is 13.3. The number of anilines is 2. The molecule has 1 heterocycles. The van der Waals surface area contributed by atoms with Crippen LogP contribution in [0.2, 0.25) is 0 Å². The first-order valence-electron chi connectivity index (χ1n) is 6.04. The molecule has 0 bridgehead atoms. The van der Waals surface area contributed by atoms with Gasteiger partial charge >= 0.3 is 6.03 Å². The van der Waals surface area contributed by atoms with E-state index in [4.69, 9.17) is 5.73 Å². The summed E-state index contributed by atoms with van der Waals surface area (Å²) >= 11 is 1.79. The fourth-order valence-electron chi connectivity index (χ4n) is 1.80. The van der Waals surface area contributed by atoms with E-state index >= 15 is 0 Å². The summed E-state index contributed by atoms with van der Waals surface area (Å²) < 4.78 is 0. The summed E-state index contributed by atoms with van der Waals surface area (Å²) in [5, 5.41) is 5.95. The molecule has 4 nitrogen and oxygen atoms in total. The van der Waals surface area contributed by atoms with E-state index in [1.165, 1.54) is 9.75 Å². The second-order valence-electron chi connectivity index (χ2n) is 4.38. The predicted molar refractivity (Wildman–Crippen MR) is 80.7 cm³/mol. The normalized spacial score (nSPS) is 11.9. The number of nitrogens with one attached hydrogen (secondary N) is 2. The van der Waals surface area contributed by atoms with Crippen molar-refractivity contribution in [1.82, 2.24) is 0 Å². The van der Waals surface area contributed by atoms with Gasteiger partial charge in [0.2, 0.25) is 0 Å². The maximum Gasteiger partial charge on any atom is 0.316 e. The number of hydrogen-bond acceptors (Lipinski definition) is 3. The summed E-state index contributed by atoms with van der Waals surface area (Å²) in [6, 6.07) is 11.4. The van der Waals surface area contributed by atoms with Crippen LogP contribution in [0.1, 0.15) is 22.7 Å². The summed E-state index contributed by atoms with van der Waals surface area (Å²) in [6.07, 6.45) is 0. The molecule has 1 unspecified atom stereocenters. The molecule has 0 aliphatic rings. The highest BCUT2D eigenvalue weighted by atomic mass is 32.1. The summed E-state index contributed by atoms with van der Waals surface area (Å²) in [6.45, 7) is 4.23. The lowest BCUT2D eigenvalue weighted by Gasteiger charge is -2.14. The monoisotopic (exact) mass is 275 g/mol. The Morgan fingerprint density at radius 2 is 1.79 bits per heavy atom. The summed E-state index contributed by atoms with van der Waals surface area (Å²) in [5.41, 5.74) is 6.76. The van der Waals surface area contributed by atoms with Gasteiger partial charge in [-0.2, -0.15) is 0 Å². The molecular weight excluding hydrogens is 258 g/mol. The number of thiophene rings is 1. The minimum Gasteiger partial charge on any atom is -0.378 e. The van der Waals surface area contributed by atoms with Crippen molar-refractivity contribution in [3.63, 3.8) is 0 Å². The van der Waals surface area contributed by atoms with Crippen LogP contribution in [0.25, 0.3) is 0 Å². The maximum absolute atomic E-state index is 10.7. The second kappa shape index (κ2) is 5.75. The molecular formula is C14H17N3OS. The largest absolute Gasteiger partial charge is 0.378 e. The SMILES string of the molecule is Cc1ccc(C(C)Nc2ccc(NC(N)=O)cc2)s1. The van der Waals surface area contributed by atoms with Crippen LogP contribution in [0, 0.1) is 6.92 Å². The molecule has 0 aliphatic heterocycles. The molecule has 2 rings (SSSR count). The minimum atomic E-state index is -0.553. The number of amides is 2. The first-order valence-corrected chi connectivity index (χ1v) is 6.85. The van der Waals surface area contributed by atoms with Crippen LogP contribution >= 0.6 is 11.3 Å². The van der Waals surface area contributed by atoms with E-state index in [1.807, 2.05) is 24.3 Å². The van der Waals surface area contributed by atoms with Crippen LogP contribution in [0.5, 0.6) is 0 Å². The predicted octanol–water partition coefficient (Wildman–Crippen LogP) is 3.72. The first kappa shape index (κ1) is 13.4. The van der Waals surface area contributed by atoms with Crippen molar-refractivity contribution in [3.8, 4) is 0 Å². The lowest BCUT2D eigenvalue weighted by molar-refractivity contribution is 0.259. The van der Waals surface area contributed by atoms with Gasteiger partial charge in [0.1, 0.15) is 0 Å². The van der Waals surface area contributed by atoms with E-state index in [1.54, 1.807) is 11.3 Å². The van der Waals surface area contributed by atoms with Crippen molar-refractivity contribution >= 4 is 28.7 Å². The lowest BCUT2D eigenvalue weighted by Crippen LogP contribution is -2.19. The fourth-order valence-corrected chi connectivity index (χ4v) is 2.68. The molecule has 0 saturated carbocycles. The highest BCUT2D eigenvalue weighted by Gasteiger charge is 2.07. The second-order valence-corrected chi connectivity index (χ2v) is 5.70. The van der Waals surface area contributed by atoms with E-state index in [-0.39, 0.29) is 6.04 Å². The van der Waals surface area contributed by atoms with Gasteiger partial charge in [0.15, 0.2) is 0 Å². The van der Waals surface area contributed by atoms with Gasteiger partial charge in [-0.1, -0.05) is 0 Å². The zero-order valence-electron chi connectivity index (χ0n) is 10.9. The number of carbonyl (C=O) groups excluding carboxylic acids is 1. The van der Waals surface area contributed by atoms with Gasteiger partial charge in [0.05, 0.1) is 6.04 Å². The van der Waals surface area contributed by atoms with Crippen molar-refractivity contribution in [2.24, 2.45) is 5.73 Å². The van der Waals surface area contributed by atoms with Crippen LogP contribution in [0.3, 0.4) is 0 Å². The van der Waals surface area contributed by atoms with Gasteiger partial charge in [-0.15, -0.1) is 11.3 Å². The minimum absolute atomic E-state index is 0.258. The number of nitrogens with two attached hydrogens (primary N) is 1. The topological polar surface area (TPSA) is 67.2 Å². The number of primary amides is 1. The third-order valence-electron chi connectivity index (χ3n) is 2.72. The third-order valence-corrected chi connectivity index (χ3v) is 3.91. The van der Waals surface area contributed by atoms with E-state index in [0.717, 1.165) is 5.69 Å². The first-order chi connectivity index (χ1) is 9.04. The molecule has 100 valence electrons. The van der Waals surface area contributed by atoms with Gasteiger partial charge in [-0.3, -0.25) is 0 Å². The lowest BCUT2D eigenvalue weighted by atomic mass is 10.2. The number of carbonyl (C=O) groups is 1. The average Bonchev–Trinajstić information content (AvgIpc) is 2.78. The number of rotatable bonds is 4. The third kappa shape index (κ3) is 3.72. The molecule has 5 heteroatoms. The Hall–Kier alpha value is -2.01. The van der Waals surface area contributed by atoms with Crippen LogP contribution in [-0.2, 0) is 0 Å². The molecule has 0 radical (unpaired) electrons. The van der Waals surface area contributed by atoms with E-state index in [9.17, 15) is 4.79 Å². The number of aryl methyl sites for hydroxylation is 1. The van der Waals surface area contributed by atoms with Crippen molar-refractivity contribution in [2.75, 3.05) is 10.6 Å². The average molecular weight is 275 g/mol. The van der Waals surface area contributed by atoms with Crippen molar-refractivity contribution in [1.29, 1.82) is 0 Å². The Morgan fingerprint density at radius 1 is 1.16 bits per heavy atom. The highest BCUT2D eigenvalue weighted by Crippen LogP contribution is 2.26. The van der Waals surface area contributed by atoms with Gasteiger partial charge in [0, 0.05) is 21.1 Å².